The third-order valence-corrected chi connectivity index (χ3v) is 3.11. The zero-order chi connectivity index (χ0) is 14.8. The number of carbonyl (C=O) groups excluding carboxylic acids is 2. The van der Waals surface area contributed by atoms with Crippen molar-refractivity contribution in [2.75, 3.05) is 24.3 Å². The van der Waals surface area contributed by atoms with Crippen molar-refractivity contribution in [1.29, 1.82) is 0 Å². The second kappa shape index (κ2) is 9.36. The Morgan fingerprint density at radius 1 is 1.25 bits per heavy atom. The highest BCUT2D eigenvalue weighted by Gasteiger charge is 2.04. The van der Waals surface area contributed by atoms with Gasteiger partial charge in [0, 0.05) is 30.6 Å². The SMILES string of the molecule is CNC(=O)COc1cccc(NC(=O)CCCCBr)c1. The van der Waals surface area contributed by atoms with Gasteiger partial charge in [-0.15, -0.1) is 0 Å². The molecule has 0 bridgehead atoms. The molecule has 0 fully saturated rings. The van der Waals surface area contributed by atoms with Gasteiger partial charge in [0.1, 0.15) is 5.75 Å². The molecule has 110 valence electrons. The fraction of sp³-hybridized carbons (Fsp3) is 0.429. The van der Waals surface area contributed by atoms with E-state index in [1.165, 1.54) is 0 Å². The summed E-state index contributed by atoms with van der Waals surface area (Å²) in [6, 6.07) is 7.00. The maximum atomic E-state index is 11.7. The van der Waals surface area contributed by atoms with Gasteiger partial charge in [-0.05, 0) is 25.0 Å². The van der Waals surface area contributed by atoms with Crippen LogP contribution in [0.3, 0.4) is 0 Å². The first-order chi connectivity index (χ1) is 9.65. The molecule has 0 atom stereocenters. The topological polar surface area (TPSA) is 67.4 Å². The molecular formula is C14H19BrN2O3. The minimum Gasteiger partial charge on any atom is -0.484 e. The van der Waals surface area contributed by atoms with Gasteiger partial charge in [0.05, 0.1) is 0 Å². The molecule has 0 aliphatic heterocycles. The van der Waals surface area contributed by atoms with Crippen LogP contribution in [0.2, 0.25) is 0 Å². The summed E-state index contributed by atoms with van der Waals surface area (Å²) in [4.78, 5) is 22.8. The second-order valence-electron chi connectivity index (χ2n) is 4.18. The highest BCUT2D eigenvalue weighted by Crippen LogP contribution is 2.17. The maximum Gasteiger partial charge on any atom is 0.257 e. The molecule has 0 saturated carbocycles. The van der Waals surface area contributed by atoms with Crippen LogP contribution in [0.1, 0.15) is 19.3 Å². The minimum absolute atomic E-state index is 0.0191. The summed E-state index contributed by atoms with van der Waals surface area (Å²) < 4.78 is 5.31. The number of alkyl halides is 1. The molecule has 0 radical (unpaired) electrons. The van der Waals surface area contributed by atoms with Crippen LogP contribution in [-0.4, -0.2) is 30.8 Å². The summed E-state index contributed by atoms with van der Waals surface area (Å²) in [5, 5.41) is 6.19. The van der Waals surface area contributed by atoms with Crippen LogP contribution in [0.15, 0.2) is 24.3 Å². The molecule has 0 aliphatic carbocycles. The van der Waals surface area contributed by atoms with E-state index in [4.69, 9.17) is 4.74 Å². The molecule has 20 heavy (non-hydrogen) atoms. The molecule has 0 aliphatic rings. The molecule has 1 rings (SSSR count). The lowest BCUT2D eigenvalue weighted by Gasteiger charge is -2.08. The van der Waals surface area contributed by atoms with E-state index in [2.05, 4.69) is 26.6 Å². The van der Waals surface area contributed by atoms with Gasteiger partial charge in [-0.25, -0.2) is 0 Å². The number of ether oxygens (including phenoxy) is 1. The van der Waals surface area contributed by atoms with E-state index in [9.17, 15) is 9.59 Å². The average molecular weight is 343 g/mol. The highest BCUT2D eigenvalue weighted by molar-refractivity contribution is 9.09. The van der Waals surface area contributed by atoms with E-state index < -0.39 is 0 Å². The zero-order valence-electron chi connectivity index (χ0n) is 11.4. The highest BCUT2D eigenvalue weighted by atomic mass is 79.9. The first-order valence-corrected chi connectivity index (χ1v) is 7.57. The van der Waals surface area contributed by atoms with Gasteiger partial charge >= 0.3 is 0 Å². The van der Waals surface area contributed by atoms with E-state index in [1.807, 2.05) is 0 Å². The number of hydrogen-bond acceptors (Lipinski definition) is 3. The van der Waals surface area contributed by atoms with Gasteiger partial charge < -0.3 is 15.4 Å². The summed E-state index contributed by atoms with van der Waals surface area (Å²) >= 11 is 3.33. The smallest absolute Gasteiger partial charge is 0.257 e. The van der Waals surface area contributed by atoms with Crippen LogP contribution < -0.4 is 15.4 Å². The van der Waals surface area contributed by atoms with Gasteiger partial charge in [0.15, 0.2) is 6.61 Å². The van der Waals surface area contributed by atoms with Gasteiger partial charge in [0.2, 0.25) is 5.91 Å². The third kappa shape index (κ3) is 6.56. The van der Waals surface area contributed by atoms with Crippen molar-refractivity contribution < 1.29 is 14.3 Å². The average Bonchev–Trinajstić information content (AvgIpc) is 2.45. The molecular weight excluding hydrogens is 324 g/mol. The van der Waals surface area contributed by atoms with Crippen molar-refractivity contribution in [2.45, 2.75) is 19.3 Å². The summed E-state index contributed by atoms with van der Waals surface area (Å²) in [7, 11) is 1.55. The summed E-state index contributed by atoms with van der Waals surface area (Å²) in [5.41, 5.74) is 0.670. The second-order valence-corrected chi connectivity index (χ2v) is 4.98. The van der Waals surface area contributed by atoms with E-state index in [0.717, 1.165) is 18.2 Å². The molecule has 0 heterocycles. The molecule has 0 spiro atoms. The van der Waals surface area contributed by atoms with E-state index in [-0.39, 0.29) is 18.4 Å². The number of nitrogens with one attached hydrogen (secondary N) is 2. The number of amides is 2. The Morgan fingerprint density at radius 2 is 2.05 bits per heavy atom. The number of hydrogen-bond donors (Lipinski definition) is 2. The lowest BCUT2D eigenvalue weighted by molar-refractivity contribution is -0.122. The van der Waals surface area contributed by atoms with Crippen LogP contribution in [0.25, 0.3) is 0 Å². The number of anilines is 1. The number of likely N-dealkylation sites (N-methyl/N-ethyl adjacent to an activating group) is 1. The number of carbonyl (C=O) groups is 2. The molecule has 1 aromatic carbocycles. The molecule has 0 unspecified atom stereocenters. The predicted molar refractivity (Wildman–Crippen MR) is 82.3 cm³/mol. The fourth-order valence-electron chi connectivity index (χ4n) is 1.49. The van der Waals surface area contributed by atoms with Crippen molar-refractivity contribution in [3.63, 3.8) is 0 Å². The van der Waals surface area contributed by atoms with Crippen LogP contribution >= 0.6 is 15.9 Å². The molecule has 0 aromatic heterocycles. The lowest BCUT2D eigenvalue weighted by atomic mass is 10.2. The molecule has 2 N–H and O–H groups in total. The standard InChI is InChI=1S/C14H19BrN2O3/c1-16-14(19)10-20-12-6-4-5-11(9-12)17-13(18)7-2-3-8-15/h4-6,9H,2-3,7-8,10H2,1H3,(H,16,19)(H,17,18). The molecule has 5 nitrogen and oxygen atoms in total. The quantitative estimate of drug-likeness (QED) is 0.562. The Morgan fingerprint density at radius 3 is 2.75 bits per heavy atom. The largest absolute Gasteiger partial charge is 0.484 e. The van der Waals surface area contributed by atoms with Crippen LogP contribution in [0, 0.1) is 0 Å². The first kappa shape index (κ1) is 16.5. The lowest BCUT2D eigenvalue weighted by Crippen LogP contribution is -2.24. The van der Waals surface area contributed by atoms with Gasteiger partial charge in [-0.3, -0.25) is 9.59 Å². The summed E-state index contributed by atoms with van der Waals surface area (Å²) in [6.45, 7) is -0.0425. The van der Waals surface area contributed by atoms with Crippen molar-refractivity contribution in [3.8, 4) is 5.75 Å². The Balaban J connectivity index is 2.46. The number of rotatable bonds is 8. The Labute approximate surface area is 127 Å². The predicted octanol–water partition coefficient (Wildman–Crippen LogP) is 2.32. The zero-order valence-corrected chi connectivity index (χ0v) is 13.0. The van der Waals surface area contributed by atoms with Crippen LogP contribution in [0.4, 0.5) is 5.69 Å². The van der Waals surface area contributed by atoms with Crippen molar-refractivity contribution in [1.82, 2.24) is 5.32 Å². The Kier molecular flexibility index (Phi) is 7.72. The number of benzene rings is 1. The molecule has 2 amide bonds. The van der Waals surface area contributed by atoms with E-state index in [1.54, 1.807) is 31.3 Å². The van der Waals surface area contributed by atoms with Crippen molar-refractivity contribution in [3.05, 3.63) is 24.3 Å². The minimum atomic E-state index is -0.200. The van der Waals surface area contributed by atoms with E-state index in [0.29, 0.717) is 17.9 Å². The summed E-state index contributed by atoms with van der Waals surface area (Å²) in [5.74, 6) is 0.329. The normalized spacial score (nSPS) is 9.90. The van der Waals surface area contributed by atoms with Crippen molar-refractivity contribution >= 4 is 33.4 Å². The van der Waals surface area contributed by atoms with E-state index >= 15 is 0 Å². The molecule has 1 aromatic rings. The fourth-order valence-corrected chi connectivity index (χ4v) is 1.88. The Bertz CT molecular complexity index is 452. The number of halogens is 1. The van der Waals surface area contributed by atoms with Gasteiger partial charge in [-0.1, -0.05) is 22.0 Å². The van der Waals surface area contributed by atoms with Crippen LogP contribution in [0.5, 0.6) is 5.75 Å². The van der Waals surface area contributed by atoms with Gasteiger partial charge in [0.25, 0.3) is 5.91 Å². The van der Waals surface area contributed by atoms with Crippen LogP contribution in [-0.2, 0) is 9.59 Å². The summed E-state index contributed by atoms with van der Waals surface area (Å²) in [6.07, 6.45) is 2.32. The van der Waals surface area contributed by atoms with Gasteiger partial charge in [-0.2, -0.15) is 0 Å². The Hall–Kier alpha value is -1.56. The monoisotopic (exact) mass is 342 g/mol. The number of unbranched alkanes of at least 4 members (excludes halogenated alkanes) is 1. The van der Waals surface area contributed by atoms with Crippen molar-refractivity contribution in [2.24, 2.45) is 0 Å². The maximum absolute atomic E-state index is 11.7. The third-order valence-electron chi connectivity index (χ3n) is 2.55. The molecule has 6 heteroatoms. The first-order valence-electron chi connectivity index (χ1n) is 6.45. The molecule has 0 saturated heterocycles.